The molecule has 5 heteroatoms. The summed E-state index contributed by atoms with van der Waals surface area (Å²) in [6, 6.07) is 7.00. The van der Waals surface area contributed by atoms with Gasteiger partial charge < -0.3 is 10.3 Å². The van der Waals surface area contributed by atoms with Crippen LogP contribution in [0.4, 0.5) is 0 Å². The van der Waals surface area contributed by atoms with Gasteiger partial charge in [-0.1, -0.05) is 34.4 Å². The average Bonchev–Trinajstić information content (AvgIpc) is 2.66. The summed E-state index contributed by atoms with van der Waals surface area (Å²) in [5.74, 6) is 0.598. The Labute approximate surface area is 96.8 Å². The third-order valence-electron chi connectivity index (χ3n) is 1.98. The van der Waals surface area contributed by atoms with E-state index in [1.165, 1.54) is 0 Å². The summed E-state index contributed by atoms with van der Waals surface area (Å²) in [6.07, 6.45) is 0. The molecule has 3 nitrogen and oxygen atoms in total. The van der Waals surface area contributed by atoms with E-state index in [1.54, 1.807) is 24.3 Å². The van der Waals surface area contributed by atoms with E-state index in [4.69, 9.17) is 33.5 Å². The molecule has 0 saturated heterocycles. The van der Waals surface area contributed by atoms with Gasteiger partial charge in [-0.3, -0.25) is 0 Å². The summed E-state index contributed by atoms with van der Waals surface area (Å²) in [7, 11) is 0. The van der Waals surface area contributed by atoms with Crippen LogP contribution in [0.3, 0.4) is 0 Å². The van der Waals surface area contributed by atoms with Crippen LogP contribution >= 0.6 is 23.2 Å². The average molecular weight is 243 g/mol. The molecule has 2 rings (SSSR count). The monoisotopic (exact) mass is 242 g/mol. The van der Waals surface area contributed by atoms with E-state index in [0.29, 0.717) is 33.6 Å². The molecule has 1 aromatic carbocycles. The van der Waals surface area contributed by atoms with Gasteiger partial charge in [-0.2, -0.15) is 0 Å². The predicted molar refractivity (Wildman–Crippen MR) is 59.9 cm³/mol. The van der Waals surface area contributed by atoms with Gasteiger partial charge in [0, 0.05) is 11.6 Å². The number of halogens is 2. The van der Waals surface area contributed by atoms with Gasteiger partial charge in [-0.25, -0.2) is 0 Å². The van der Waals surface area contributed by atoms with Crippen molar-refractivity contribution < 1.29 is 4.52 Å². The molecule has 0 radical (unpaired) electrons. The molecule has 78 valence electrons. The fourth-order valence-electron chi connectivity index (χ4n) is 1.27. The molecule has 0 aliphatic carbocycles. The van der Waals surface area contributed by atoms with E-state index in [9.17, 15) is 0 Å². The topological polar surface area (TPSA) is 52.0 Å². The molecule has 0 saturated carbocycles. The van der Waals surface area contributed by atoms with E-state index in [2.05, 4.69) is 5.16 Å². The zero-order chi connectivity index (χ0) is 10.8. The Balaban J connectivity index is 2.53. The zero-order valence-electron chi connectivity index (χ0n) is 7.71. The highest BCUT2D eigenvalue weighted by Gasteiger charge is 2.12. The highest BCUT2D eigenvalue weighted by atomic mass is 35.5. The lowest BCUT2D eigenvalue weighted by molar-refractivity contribution is 0.387. The van der Waals surface area contributed by atoms with Crippen molar-refractivity contribution in [2.45, 2.75) is 6.54 Å². The van der Waals surface area contributed by atoms with Gasteiger partial charge in [-0.05, 0) is 12.1 Å². The molecule has 0 atom stereocenters. The van der Waals surface area contributed by atoms with Crippen LogP contribution in [0, 0.1) is 0 Å². The van der Waals surface area contributed by atoms with Crippen molar-refractivity contribution in [2.75, 3.05) is 0 Å². The molecule has 0 spiro atoms. The maximum atomic E-state index is 6.02. The number of aromatic nitrogens is 1. The molecule has 0 aliphatic heterocycles. The molecule has 0 fully saturated rings. The lowest BCUT2D eigenvalue weighted by atomic mass is 10.1. The highest BCUT2D eigenvalue weighted by Crippen LogP contribution is 2.33. The first-order valence-corrected chi connectivity index (χ1v) is 5.08. The molecule has 2 aromatic rings. The van der Waals surface area contributed by atoms with Crippen molar-refractivity contribution in [3.8, 4) is 11.3 Å². The maximum Gasteiger partial charge on any atom is 0.150 e. The van der Waals surface area contributed by atoms with Crippen LogP contribution in [-0.2, 0) is 6.54 Å². The molecule has 2 N–H and O–H groups in total. The van der Waals surface area contributed by atoms with Gasteiger partial charge in [0.25, 0.3) is 0 Å². The Morgan fingerprint density at radius 2 is 1.93 bits per heavy atom. The van der Waals surface area contributed by atoms with Crippen LogP contribution in [0.2, 0.25) is 10.0 Å². The van der Waals surface area contributed by atoms with Crippen LogP contribution in [0.15, 0.2) is 28.8 Å². The summed E-state index contributed by atoms with van der Waals surface area (Å²) in [4.78, 5) is 0. The Morgan fingerprint density at radius 1 is 1.27 bits per heavy atom. The van der Waals surface area contributed by atoms with Crippen molar-refractivity contribution >= 4 is 23.2 Å². The van der Waals surface area contributed by atoms with E-state index >= 15 is 0 Å². The van der Waals surface area contributed by atoms with Crippen molar-refractivity contribution in [3.05, 3.63) is 40.1 Å². The first kappa shape index (κ1) is 10.5. The number of hydrogen-bond donors (Lipinski definition) is 1. The molecule has 0 amide bonds. The van der Waals surface area contributed by atoms with Crippen molar-refractivity contribution in [1.82, 2.24) is 5.16 Å². The Bertz CT molecular complexity index is 462. The molecular weight excluding hydrogens is 235 g/mol. The SMILES string of the molecule is NCc1cc(-c2c(Cl)cccc2Cl)no1. The molecule has 0 aliphatic rings. The minimum atomic E-state index is 0.301. The first-order valence-electron chi connectivity index (χ1n) is 4.32. The van der Waals surface area contributed by atoms with Crippen molar-refractivity contribution in [3.63, 3.8) is 0 Å². The van der Waals surface area contributed by atoms with Gasteiger partial charge in [-0.15, -0.1) is 0 Å². The molecule has 0 bridgehead atoms. The van der Waals surface area contributed by atoms with E-state index in [0.717, 1.165) is 0 Å². The highest BCUT2D eigenvalue weighted by molar-refractivity contribution is 6.39. The van der Waals surface area contributed by atoms with Crippen molar-refractivity contribution in [1.29, 1.82) is 0 Å². The number of nitrogens with two attached hydrogens (primary N) is 1. The van der Waals surface area contributed by atoms with Crippen LogP contribution in [-0.4, -0.2) is 5.16 Å². The Morgan fingerprint density at radius 3 is 2.47 bits per heavy atom. The van der Waals surface area contributed by atoms with Crippen molar-refractivity contribution in [2.24, 2.45) is 5.73 Å². The summed E-state index contributed by atoms with van der Waals surface area (Å²) < 4.78 is 4.99. The third-order valence-corrected chi connectivity index (χ3v) is 2.61. The second-order valence-corrected chi connectivity index (χ2v) is 3.79. The van der Waals surface area contributed by atoms with Crippen LogP contribution in [0.25, 0.3) is 11.3 Å². The minimum Gasteiger partial charge on any atom is -0.359 e. The third kappa shape index (κ3) is 2.00. The second kappa shape index (κ2) is 4.23. The Kier molecular flexibility index (Phi) is 2.95. The van der Waals surface area contributed by atoms with Gasteiger partial charge >= 0.3 is 0 Å². The fourth-order valence-corrected chi connectivity index (χ4v) is 1.86. The number of nitrogens with zero attached hydrogens (tertiary/aromatic N) is 1. The number of benzene rings is 1. The van der Waals surface area contributed by atoms with Gasteiger partial charge in [0.15, 0.2) is 5.76 Å². The largest absolute Gasteiger partial charge is 0.359 e. The van der Waals surface area contributed by atoms with E-state index in [-0.39, 0.29) is 0 Å². The quantitative estimate of drug-likeness (QED) is 0.881. The standard InChI is InChI=1S/C10H8Cl2N2O/c11-7-2-1-3-8(12)10(7)9-4-6(5-13)15-14-9/h1-4H,5,13H2. The minimum absolute atomic E-state index is 0.301. The fraction of sp³-hybridized carbons (Fsp3) is 0.100. The molecule has 15 heavy (non-hydrogen) atoms. The van der Waals surface area contributed by atoms with E-state index < -0.39 is 0 Å². The molecule has 1 aromatic heterocycles. The predicted octanol–water partition coefficient (Wildman–Crippen LogP) is 3.11. The normalized spacial score (nSPS) is 10.6. The lowest BCUT2D eigenvalue weighted by Crippen LogP contribution is -1.92. The molecule has 0 unspecified atom stereocenters. The van der Waals surface area contributed by atoms with Crippen LogP contribution in [0.5, 0.6) is 0 Å². The maximum absolute atomic E-state index is 6.02. The number of rotatable bonds is 2. The van der Waals surface area contributed by atoms with Gasteiger partial charge in [0.1, 0.15) is 5.69 Å². The first-order chi connectivity index (χ1) is 7.22. The van der Waals surface area contributed by atoms with E-state index in [1.807, 2.05) is 0 Å². The Hall–Kier alpha value is -1.03. The summed E-state index contributed by atoms with van der Waals surface area (Å²) in [6.45, 7) is 0.301. The van der Waals surface area contributed by atoms with Crippen LogP contribution in [0.1, 0.15) is 5.76 Å². The summed E-state index contributed by atoms with van der Waals surface area (Å²) >= 11 is 12.0. The van der Waals surface area contributed by atoms with Gasteiger partial charge in [0.05, 0.1) is 16.6 Å². The lowest BCUT2D eigenvalue weighted by Gasteiger charge is -2.01. The number of hydrogen-bond acceptors (Lipinski definition) is 3. The molecular formula is C10H8Cl2N2O. The zero-order valence-corrected chi connectivity index (χ0v) is 9.22. The second-order valence-electron chi connectivity index (χ2n) is 2.98. The summed E-state index contributed by atoms with van der Waals surface area (Å²) in [5, 5.41) is 4.94. The smallest absolute Gasteiger partial charge is 0.150 e. The summed E-state index contributed by atoms with van der Waals surface area (Å²) in [5.41, 5.74) is 6.69. The van der Waals surface area contributed by atoms with Crippen LogP contribution < -0.4 is 5.73 Å². The molecule has 1 heterocycles. The van der Waals surface area contributed by atoms with Gasteiger partial charge in [0.2, 0.25) is 0 Å².